The summed E-state index contributed by atoms with van der Waals surface area (Å²) in [7, 11) is 2.93. The van der Waals surface area contributed by atoms with Crippen LogP contribution in [0.4, 0.5) is 16.5 Å². The molecule has 0 fully saturated rings. The number of benzene rings is 1. The van der Waals surface area contributed by atoms with Crippen molar-refractivity contribution < 1.29 is 14.3 Å². The van der Waals surface area contributed by atoms with Crippen molar-refractivity contribution in [3.8, 4) is 5.75 Å². The molecule has 6 nitrogen and oxygen atoms in total. The van der Waals surface area contributed by atoms with Gasteiger partial charge in [-0.05, 0) is 12.1 Å². The van der Waals surface area contributed by atoms with E-state index in [0.29, 0.717) is 22.3 Å². The molecule has 2 aromatic rings. The maximum Gasteiger partial charge on any atom is 0.311 e. The number of carbonyl (C=O) groups is 1. The van der Waals surface area contributed by atoms with Crippen molar-refractivity contribution in [2.75, 3.05) is 25.3 Å². The number of thiazole rings is 1. The molecule has 20 heavy (non-hydrogen) atoms. The van der Waals surface area contributed by atoms with Gasteiger partial charge in [0.2, 0.25) is 0 Å². The van der Waals surface area contributed by atoms with Crippen molar-refractivity contribution in [3.63, 3.8) is 0 Å². The molecule has 0 aliphatic carbocycles. The number of carbonyl (C=O) groups excluding carboxylic acids is 1. The minimum Gasteiger partial charge on any atom is -0.494 e. The number of anilines is 3. The van der Waals surface area contributed by atoms with Crippen LogP contribution in [0.15, 0.2) is 23.6 Å². The second kappa shape index (κ2) is 6.25. The summed E-state index contributed by atoms with van der Waals surface area (Å²) in [5.41, 5.74) is 7.75. The fourth-order valence-electron chi connectivity index (χ4n) is 1.59. The van der Waals surface area contributed by atoms with E-state index >= 15 is 0 Å². The summed E-state index contributed by atoms with van der Waals surface area (Å²) < 4.78 is 9.85. The van der Waals surface area contributed by atoms with Crippen LogP contribution in [0.5, 0.6) is 5.75 Å². The molecule has 1 aromatic carbocycles. The number of nitrogens with one attached hydrogen (secondary N) is 1. The normalized spacial score (nSPS) is 10.1. The Labute approximate surface area is 120 Å². The molecular formula is C13H15N3O3S. The molecule has 0 spiro atoms. The number of hydrogen-bond acceptors (Lipinski definition) is 7. The predicted octanol–water partition coefficient (Wildman–Crippen LogP) is 2.19. The van der Waals surface area contributed by atoms with Gasteiger partial charge in [0.05, 0.1) is 32.0 Å². The molecule has 0 aliphatic rings. The summed E-state index contributed by atoms with van der Waals surface area (Å²) in [5.74, 6) is 0.321. The molecule has 0 saturated heterocycles. The number of hydrogen-bond donors (Lipinski definition) is 2. The Hall–Kier alpha value is -2.28. The maximum absolute atomic E-state index is 11.2. The first-order valence-electron chi connectivity index (χ1n) is 5.84. The second-order valence-corrected chi connectivity index (χ2v) is 4.84. The number of nitrogens with zero attached hydrogens (tertiary/aromatic N) is 1. The van der Waals surface area contributed by atoms with Crippen molar-refractivity contribution in [1.82, 2.24) is 4.98 Å². The van der Waals surface area contributed by atoms with Gasteiger partial charge in [-0.3, -0.25) is 4.79 Å². The van der Waals surface area contributed by atoms with Gasteiger partial charge in [0, 0.05) is 17.1 Å². The van der Waals surface area contributed by atoms with Gasteiger partial charge in [-0.1, -0.05) is 0 Å². The average molecular weight is 293 g/mol. The molecule has 0 radical (unpaired) electrons. The van der Waals surface area contributed by atoms with Gasteiger partial charge in [-0.15, -0.1) is 11.3 Å². The van der Waals surface area contributed by atoms with E-state index in [2.05, 4.69) is 15.0 Å². The maximum atomic E-state index is 11.2. The Bertz CT molecular complexity index is 613. The summed E-state index contributed by atoms with van der Waals surface area (Å²) in [6.07, 6.45) is 0.160. The Kier molecular flexibility index (Phi) is 4.41. The van der Waals surface area contributed by atoms with Crippen LogP contribution in [-0.4, -0.2) is 25.2 Å². The molecule has 0 bridgehead atoms. The zero-order valence-corrected chi connectivity index (χ0v) is 12.0. The third kappa shape index (κ3) is 3.39. The smallest absolute Gasteiger partial charge is 0.311 e. The second-order valence-electron chi connectivity index (χ2n) is 3.98. The van der Waals surface area contributed by atoms with E-state index in [9.17, 15) is 4.79 Å². The SMILES string of the molecule is COC(=O)Cc1csc(Nc2ccc(N)cc2OC)n1. The van der Waals surface area contributed by atoms with Crippen LogP contribution in [0.1, 0.15) is 5.69 Å². The monoisotopic (exact) mass is 293 g/mol. The zero-order valence-electron chi connectivity index (χ0n) is 11.2. The highest BCUT2D eigenvalue weighted by molar-refractivity contribution is 7.13. The fourth-order valence-corrected chi connectivity index (χ4v) is 2.31. The number of nitrogens with two attached hydrogens (primary N) is 1. The van der Waals surface area contributed by atoms with Crippen LogP contribution in [-0.2, 0) is 16.0 Å². The number of ether oxygens (including phenoxy) is 2. The topological polar surface area (TPSA) is 86.5 Å². The molecule has 0 amide bonds. The van der Waals surface area contributed by atoms with E-state index in [4.69, 9.17) is 10.5 Å². The summed E-state index contributed by atoms with van der Waals surface area (Å²) in [6, 6.07) is 5.31. The van der Waals surface area contributed by atoms with Gasteiger partial charge in [0.25, 0.3) is 0 Å². The summed E-state index contributed by atoms with van der Waals surface area (Å²) >= 11 is 1.40. The summed E-state index contributed by atoms with van der Waals surface area (Å²) in [6.45, 7) is 0. The molecule has 106 valence electrons. The van der Waals surface area contributed by atoms with Gasteiger partial charge in [-0.25, -0.2) is 4.98 Å². The molecule has 1 heterocycles. The summed E-state index contributed by atoms with van der Waals surface area (Å²) in [5, 5.41) is 5.62. The quantitative estimate of drug-likeness (QED) is 0.649. The highest BCUT2D eigenvalue weighted by atomic mass is 32.1. The molecule has 7 heteroatoms. The van der Waals surface area contributed by atoms with Gasteiger partial charge in [0.15, 0.2) is 5.13 Å². The van der Waals surface area contributed by atoms with Crippen molar-refractivity contribution in [1.29, 1.82) is 0 Å². The van der Waals surface area contributed by atoms with E-state index in [1.165, 1.54) is 18.4 Å². The highest BCUT2D eigenvalue weighted by Gasteiger charge is 2.09. The minimum atomic E-state index is -0.313. The number of methoxy groups -OCH3 is 2. The molecule has 0 unspecified atom stereocenters. The van der Waals surface area contributed by atoms with Crippen LogP contribution >= 0.6 is 11.3 Å². The lowest BCUT2D eigenvalue weighted by Gasteiger charge is -2.09. The lowest BCUT2D eigenvalue weighted by Crippen LogP contribution is -2.04. The number of nitrogen functional groups attached to an aromatic ring is 1. The molecule has 3 N–H and O–H groups in total. The van der Waals surface area contributed by atoms with Crippen molar-refractivity contribution in [2.24, 2.45) is 0 Å². The van der Waals surface area contributed by atoms with E-state index in [1.54, 1.807) is 19.2 Å². The molecule has 0 saturated carbocycles. The largest absolute Gasteiger partial charge is 0.494 e. The number of aromatic nitrogens is 1. The van der Waals surface area contributed by atoms with Gasteiger partial charge < -0.3 is 20.5 Å². The van der Waals surface area contributed by atoms with Crippen LogP contribution in [0, 0.1) is 0 Å². The molecule has 2 rings (SSSR count). The number of rotatable bonds is 5. The third-order valence-electron chi connectivity index (χ3n) is 2.57. The lowest BCUT2D eigenvalue weighted by molar-refractivity contribution is -0.139. The Morgan fingerprint density at radius 2 is 2.25 bits per heavy atom. The van der Waals surface area contributed by atoms with E-state index in [-0.39, 0.29) is 12.4 Å². The van der Waals surface area contributed by atoms with Crippen LogP contribution in [0.3, 0.4) is 0 Å². The van der Waals surface area contributed by atoms with Crippen molar-refractivity contribution >= 4 is 33.8 Å². The van der Waals surface area contributed by atoms with E-state index in [1.807, 2.05) is 11.4 Å². The molecule has 1 aromatic heterocycles. The first-order valence-corrected chi connectivity index (χ1v) is 6.72. The van der Waals surface area contributed by atoms with E-state index in [0.717, 1.165) is 5.69 Å². The Morgan fingerprint density at radius 3 is 2.95 bits per heavy atom. The summed E-state index contributed by atoms with van der Waals surface area (Å²) in [4.78, 5) is 15.5. The van der Waals surface area contributed by atoms with Gasteiger partial charge in [0.1, 0.15) is 5.75 Å². The molecular weight excluding hydrogens is 278 g/mol. The minimum absolute atomic E-state index is 0.160. The van der Waals surface area contributed by atoms with Gasteiger partial charge >= 0.3 is 5.97 Å². The molecule has 0 aliphatic heterocycles. The Morgan fingerprint density at radius 1 is 1.45 bits per heavy atom. The van der Waals surface area contributed by atoms with Crippen LogP contribution < -0.4 is 15.8 Å². The van der Waals surface area contributed by atoms with Gasteiger partial charge in [-0.2, -0.15) is 0 Å². The first kappa shape index (κ1) is 14.1. The average Bonchev–Trinajstić information content (AvgIpc) is 2.87. The first-order chi connectivity index (χ1) is 9.62. The Balaban J connectivity index is 2.12. The molecule has 0 atom stereocenters. The van der Waals surface area contributed by atoms with Crippen molar-refractivity contribution in [2.45, 2.75) is 6.42 Å². The number of esters is 1. The van der Waals surface area contributed by atoms with Crippen molar-refractivity contribution in [3.05, 3.63) is 29.3 Å². The fraction of sp³-hybridized carbons (Fsp3) is 0.231. The van der Waals surface area contributed by atoms with Crippen LogP contribution in [0.25, 0.3) is 0 Å². The highest BCUT2D eigenvalue weighted by Crippen LogP contribution is 2.30. The van der Waals surface area contributed by atoms with Crippen LogP contribution in [0.2, 0.25) is 0 Å². The predicted molar refractivity (Wildman–Crippen MR) is 78.5 cm³/mol. The zero-order chi connectivity index (χ0) is 14.5. The standard InChI is InChI=1S/C13H15N3O3S/c1-18-11-5-8(14)3-4-10(11)16-13-15-9(7-20-13)6-12(17)19-2/h3-5,7H,6,14H2,1-2H3,(H,15,16). The third-order valence-corrected chi connectivity index (χ3v) is 3.38. The van der Waals surface area contributed by atoms with E-state index < -0.39 is 0 Å². The lowest BCUT2D eigenvalue weighted by atomic mass is 10.2.